The Morgan fingerprint density at radius 2 is 1.48 bits per heavy atom. The zero-order chi connectivity index (χ0) is 20.2. The van der Waals surface area contributed by atoms with E-state index < -0.39 is 23.8 Å². The van der Waals surface area contributed by atoms with Crippen LogP contribution in [0.15, 0.2) is 79.0 Å². The first-order chi connectivity index (χ1) is 14.1. The second kappa shape index (κ2) is 8.06. The molecule has 0 radical (unpaired) electrons. The van der Waals surface area contributed by atoms with Gasteiger partial charge in [0.2, 0.25) is 0 Å². The molecule has 0 spiro atoms. The van der Waals surface area contributed by atoms with Gasteiger partial charge in [0, 0.05) is 12.6 Å². The van der Waals surface area contributed by atoms with Crippen molar-refractivity contribution in [3.63, 3.8) is 0 Å². The SMILES string of the molecule is O=C(OCc1ccccn1)[C@H](Cc1ccccc1)N1C(=O)c2ccccc2C1=O. The van der Waals surface area contributed by atoms with Crippen LogP contribution in [-0.2, 0) is 22.6 Å². The van der Waals surface area contributed by atoms with E-state index in [4.69, 9.17) is 4.74 Å². The summed E-state index contributed by atoms with van der Waals surface area (Å²) in [6.45, 7) is -0.0336. The van der Waals surface area contributed by atoms with E-state index in [2.05, 4.69) is 4.98 Å². The molecule has 3 aromatic rings. The summed E-state index contributed by atoms with van der Waals surface area (Å²) in [6, 6.07) is 20.0. The third kappa shape index (κ3) is 3.78. The van der Waals surface area contributed by atoms with Crippen LogP contribution in [0.4, 0.5) is 0 Å². The van der Waals surface area contributed by atoms with Gasteiger partial charge in [-0.1, -0.05) is 48.5 Å². The Hall–Kier alpha value is -3.80. The van der Waals surface area contributed by atoms with Crippen LogP contribution < -0.4 is 0 Å². The maximum atomic E-state index is 13.0. The first kappa shape index (κ1) is 18.6. The Morgan fingerprint density at radius 1 is 0.862 bits per heavy atom. The number of carbonyl (C=O) groups excluding carboxylic acids is 3. The second-order valence-electron chi connectivity index (χ2n) is 6.66. The molecule has 2 amide bonds. The normalized spacial score (nSPS) is 13.9. The maximum absolute atomic E-state index is 13.0. The second-order valence-corrected chi connectivity index (χ2v) is 6.66. The minimum Gasteiger partial charge on any atom is -0.458 e. The molecule has 2 aromatic carbocycles. The van der Waals surface area contributed by atoms with Gasteiger partial charge >= 0.3 is 5.97 Å². The summed E-state index contributed by atoms with van der Waals surface area (Å²) in [5.41, 5.74) is 2.01. The Bertz CT molecular complexity index is 1020. The van der Waals surface area contributed by atoms with E-state index in [0.717, 1.165) is 10.5 Å². The van der Waals surface area contributed by atoms with Gasteiger partial charge in [-0.15, -0.1) is 0 Å². The van der Waals surface area contributed by atoms with Crippen LogP contribution in [-0.4, -0.2) is 33.7 Å². The molecule has 0 saturated heterocycles. The molecule has 1 atom stereocenters. The molecule has 0 unspecified atom stereocenters. The predicted octanol–water partition coefficient (Wildman–Crippen LogP) is 3.03. The third-order valence-corrected chi connectivity index (χ3v) is 4.77. The lowest BCUT2D eigenvalue weighted by molar-refractivity contribution is -0.149. The highest BCUT2D eigenvalue weighted by molar-refractivity contribution is 6.22. The van der Waals surface area contributed by atoms with Gasteiger partial charge in [-0.3, -0.25) is 19.5 Å². The van der Waals surface area contributed by atoms with E-state index in [1.54, 1.807) is 48.7 Å². The molecule has 144 valence electrons. The number of carbonyl (C=O) groups is 3. The van der Waals surface area contributed by atoms with Gasteiger partial charge in [0.1, 0.15) is 12.6 Å². The summed E-state index contributed by atoms with van der Waals surface area (Å²) in [5.74, 6) is -1.61. The van der Waals surface area contributed by atoms with Crippen LogP contribution in [0.2, 0.25) is 0 Å². The Kier molecular flexibility index (Phi) is 5.16. The molecule has 2 heterocycles. The molecule has 1 aromatic heterocycles. The highest BCUT2D eigenvalue weighted by Gasteiger charge is 2.43. The average molecular weight is 386 g/mol. The zero-order valence-electron chi connectivity index (χ0n) is 15.5. The molecule has 6 heteroatoms. The highest BCUT2D eigenvalue weighted by Crippen LogP contribution is 2.26. The van der Waals surface area contributed by atoms with Crippen LogP contribution in [0.1, 0.15) is 32.0 Å². The van der Waals surface area contributed by atoms with Gasteiger partial charge in [0.15, 0.2) is 0 Å². The quantitative estimate of drug-likeness (QED) is 0.481. The number of aromatic nitrogens is 1. The van der Waals surface area contributed by atoms with Crippen molar-refractivity contribution < 1.29 is 19.1 Å². The van der Waals surface area contributed by atoms with E-state index in [9.17, 15) is 14.4 Å². The number of hydrogen-bond acceptors (Lipinski definition) is 5. The van der Waals surface area contributed by atoms with Gasteiger partial charge in [-0.05, 0) is 29.8 Å². The largest absolute Gasteiger partial charge is 0.458 e. The van der Waals surface area contributed by atoms with Gasteiger partial charge in [0.25, 0.3) is 11.8 Å². The van der Waals surface area contributed by atoms with Crippen LogP contribution >= 0.6 is 0 Å². The molecule has 0 bridgehead atoms. The van der Waals surface area contributed by atoms with E-state index in [1.165, 1.54) is 0 Å². The smallest absolute Gasteiger partial charge is 0.330 e. The molecule has 0 aliphatic carbocycles. The van der Waals surface area contributed by atoms with Gasteiger partial charge in [-0.25, -0.2) is 4.79 Å². The fraction of sp³-hybridized carbons (Fsp3) is 0.130. The Morgan fingerprint density at radius 3 is 2.10 bits per heavy atom. The number of esters is 1. The molecule has 1 aliphatic rings. The van der Waals surface area contributed by atoms with Crippen molar-refractivity contribution in [1.82, 2.24) is 9.88 Å². The number of hydrogen-bond donors (Lipinski definition) is 0. The number of fused-ring (bicyclic) bond motifs is 1. The maximum Gasteiger partial charge on any atom is 0.330 e. The number of ether oxygens (including phenoxy) is 1. The summed E-state index contributed by atoms with van der Waals surface area (Å²) in [5, 5.41) is 0. The topological polar surface area (TPSA) is 76.6 Å². The number of pyridine rings is 1. The van der Waals surface area contributed by atoms with E-state index >= 15 is 0 Å². The van der Waals surface area contributed by atoms with Crippen molar-refractivity contribution in [2.24, 2.45) is 0 Å². The van der Waals surface area contributed by atoms with Crippen LogP contribution in [0, 0.1) is 0 Å². The lowest BCUT2D eigenvalue weighted by Gasteiger charge is -2.24. The van der Waals surface area contributed by atoms with Crippen LogP contribution in [0.3, 0.4) is 0 Å². The Labute approximate surface area is 167 Å². The number of rotatable bonds is 6. The van der Waals surface area contributed by atoms with Gasteiger partial charge < -0.3 is 4.74 Å². The lowest BCUT2D eigenvalue weighted by atomic mass is 10.0. The summed E-state index contributed by atoms with van der Waals surface area (Å²) in [6.07, 6.45) is 1.78. The van der Waals surface area contributed by atoms with Crippen molar-refractivity contribution in [1.29, 1.82) is 0 Å². The van der Waals surface area contributed by atoms with Crippen molar-refractivity contribution in [2.45, 2.75) is 19.1 Å². The minimum absolute atomic E-state index is 0.0336. The summed E-state index contributed by atoms with van der Waals surface area (Å²) >= 11 is 0. The number of imide groups is 1. The third-order valence-electron chi connectivity index (χ3n) is 4.77. The molecule has 4 rings (SSSR count). The molecular formula is C23H18N2O4. The molecule has 0 fully saturated rings. The molecule has 0 saturated carbocycles. The monoisotopic (exact) mass is 386 g/mol. The summed E-state index contributed by atoms with van der Waals surface area (Å²) in [7, 11) is 0. The molecule has 1 aliphatic heterocycles. The fourth-order valence-corrected chi connectivity index (χ4v) is 3.33. The van der Waals surface area contributed by atoms with Gasteiger partial charge in [0.05, 0.1) is 16.8 Å². The number of benzene rings is 2. The molecule has 29 heavy (non-hydrogen) atoms. The minimum atomic E-state index is -1.06. The average Bonchev–Trinajstić information content (AvgIpc) is 3.02. The standard InChI is InChI=1S/C23H18N2O4/c26-21-18-11-4-5-12-19(18)22(27)25(21)20(14-16-8-2-1-3-9-16)23(28)29-15-17-10-6-7-13-24-17/h1-13,20H,14-15H2/t20-/m0/s1. The van der Waals surface area contributed by atoms with Crippen LogP contribution in [0.5, 0.6) is 0 Å². The molecule has 0 N–H and O–H groups in total. The number of amides is 2. The first-order valence-electron chi connectivity index (χ1n) is 9.22. The number of nitrogens with zero attached hydrogens (tertiary/aromatic N) is 2. The lowest BCUT2D eigenvalue weighted by Crippen LogP contribution is -2.47. The van der Waals surface area contributed by atoms with E-state index in [0.29, 0.717) is 16.8 Å². The van der Waals surface area contributed by atoms with E-state index in [1.807, 2.05) is 30.3 Å². The van der Waals surface area contributed by atoms with Crippen molar-refractivity contribution >= 4 is 17.8 Å². The van der Waals surface area contributed by atoms with Crippen molar-refractivity contribution in [3.8, 4) is 0 Å². The summed E-state index contributed by atoms with van der Waals surface area (Å²) in [4.78, 5) is 43.9. The molecule has 6 nitrogen and oxygen atoms in total. The van der Waals surface area contributed by atoms with Crippen LogP contribution in [0.25, 0.3) is 0 Å². The predicted molar refractivity (Wildman–Crippen MR) is 105 cm³/mol. The first-order valence-corrected chi connectivity index (χ1v) is 9.22. The molecular weight excluding hydrogens is 368 g/mol. The Balaban J connectivity index is 1.61. The highest BCUT2D eigenvalue weighted by atomic mass is 16.5. The van der Waals surface area contributed by atoms with Crippen molar-refractivity contribution in [2.75, 3.05) is 0 Å². The fourth-order valence-electron chi connectivity index (χ4n) is 3.33. The van der Waals surface area contributed by atoms with E-state index in [-0.39, 0.29) is 13.0 Å². The van der Waals surface area contributed by atoms with Gasteiger partial charge in [-0.2, -0.15) is 0 Å². The summed E-state index contributed by atoms with van der Waals surface area (Å²) < 4.78 is 5.42. The zero-order valence-corrected chi connectivity index (χ0v) is 15.5. The van der Waals surface area contributed by atoms with Crippen molar-refractivity contribution in [3.05, 3.63) is 101 Å².